The van der Waals surface area contributed by atoms with Crippen molar-refractivity contribution >= 4 is 45.8 Å². The van der Waals surface area contributed by atoms with Gasteiger partial charge in [-0.05, 0) is 79.6 Å². The van der Waals surface area contributed by atoms with Crippen LogP contribution < -0.4 is 9.47 Å². The molecule has 2 aromatic heterocycles. The van der Waals surface area contributed by atoms with E-state index in [2.05, 4.69) is 64.1 Å². The van der Waals surface area contributed by atoms with Crippen LogP contribution in [0.25, 0.3) is 21.8 Å². The summed E-state index contributed by atoms with van der Waals surface area (Å²) < 4.78 is 13.1. The van der Waals surface area contributed by atoms with Gasteiger partial charge in [-0.25, -0.2) is 0 Å². The van der Waals surface area contributed by atoms with E-state index < -0.39 is 33.5 Å². The number of likely N-dealkylation sites (tertiary alicyclic amines) is 2. The van der Waals surface area contributed by atoms with E-state index >= 15 is 0 Å². The molecule has 6 N–H and O–H groups in total. The van der Waals surface area contributed by atoms with Crippen LogP contribution in [0.2, 0.25) is 0 Å². The van der Waals surface area contributed by atoms with E-state index in [4.69, 9.17) is 21.1 Å². The molecule has 12 heteroatoms. The lowest BCUT2D eigenvalue weighted by molar-refractivity contribution is -0.172. The minimum Gasteiger partial charge on any atom is -0.504 e. The number of H-pyrrole nitrogens is 2. The molecular weight excluding hydrogens is 847 g/mol. The summed E-state index contributed by atoms with van der Waals surface area (Å²) in [5.41, 5.74) is 9.34. The number of phenolic OH excluding ortho intramolecular Hbond substituents is 2. The Morgan fingerprint density at radius 1 is 0.719 bits per heavy atom. The minimum absolute atomic E-state index is 0. The summed E-state index contributed by atoms with van der Waals surface area (Å²) in [7, 11) is 0. The molecule has 4 bridgehead atoms. The van der Waals surface area contributed by atoms with Gasteiger partial charge < -0.3 is 39.9 Å². The summed E-state index contributed by atoms with van der Waals surface area (Å²) in [5, 5.41) is 48.7. The molecule has 2 spiro atoms. The maximum atomic E-state index is 12.7. The predicted octanol–water partition coefficient (Wildman–Crippen LogP) is 8.64. The summed E-state index contributed by atoms with van der Waals surface area (Å²) in [5.74, 6) is 1.33. The zero-order chi connectivity index (χ0) is 43.1. The van der Waals surface area contributed by atoms with Gasteiger partial charge in [-0.2, -0.15) is 0 Å². The van der Waals surface area contributed by atoms with Gasteiger partial charge in [0.2, 0.25) is 0 Å². The maximum Gasteiger partial charge on any atom is 0.166 e. The van der Waals surface area contributed by atoms with Crippen molar-refractivity contribution < 1.29 is 29.9 Å². The topological polar surface area (TPSA) is 137 Å². The van der Waals surface area contributed by atoms with Crippen LogP contribution in [0.15, 0.2) is 97.1 Å². The number of aliphatic hydroxyl groups is 2. The molecule has 4 aliphatic carbocycles. The quantitative estimate of drug-likeness (QED) is 0.0765. The molecule has 10 nitrogen and oxygen atoms in total. The molecule has 6 heterocycles. The number of phenols is 2. The van der Waals surface area contributed by atoms with Gasteiger partial charge in [0.1, 0.15) is 0 Å². The predicted molar refractivity (Wildman–Crippen MR) is 249 cm³/mol. The first-order valence-electron chi connectivity index (χ1n) is 22.4. The Labute approximate surface area is 382 Å². The molecule has 0 amide bonds. The Morgan fingerprint density at radius 2 is 1.23 bits per heavy atom. The number of alkyl halides is 1. The van der Waals surface area contributed by atoms with E-state index in [0.717, 1.165) is 111 Å². The number of aromatic nitrogens is 2. The third kappa shape index (κ3) is 4.71. The van der Waals surface area contributed by atoms with Crippen LogP contribution in [-0.4, -0.2) is 89.7 Å². The van der Waals surface area contributed by atoms with Crippen molar-refractivity contribution in [3.8, 4) is 23.0 Å². The summed E-state index contributed by atoms with van der Waals surface area (Å²) in [6, 6.07) is 23.6. The molecule has 4 aliphatic heterocycles. The maximum absolute atomic E-state index is 12.7. The number of rotatable bonds is 4. The fourth-order valence-corrected chi connectivity index (χ4v) is 15.1. The average Bonchev–Trinajstić information content (AvgIpc) is 4.00. The summed E-state index contributed by atoms with van der Waals surface area (Å²) >= 11 is 7.18. The number of piperidine rings is 2. The number of aromatic amines is 2. The lowest BCUT2D eigenvalue weighted by atomic mass is 9.49. The van der Waals surface area contributed by atoms with Crippen LogP contribution in [0, 0.1) is 0 Å². The SMILES string of the molecule is C=C(C)CN1CCC23c4c5ccc(O)c4OC2c2[nH]c4ccccc4c2CC3(O)C1C5.C=C(C)CN1CCC23c4c5ccc(O)c4OC2c2[nH]c4ccccc4c2CC3(O)C1C5Cl.Cl. The van der Waals surface area contributed by atoms with Gasteiger partial charge in [0.15, 0.2) is 35.2 Å². The van der Waals surface area contributed by atoms with Crippen LogP contribution in [-0.2, 0) is 30.1 Å². The lowest BCUT2D eigenvalue weighted by Gasteiger charge is -2.63. The molecule has 6 aromatic rings. The number of para-hydroxylation sites is 2. The van der Waals surface area contributed by atoms with E-state index in [0.29, 0.717) is 30.9 Å². The second-order valence-corrected chi connectivity index (χ2v) is 20.5. The Kier molecular flexibility index (Phi) is 8.45. The molecule has 2 saturated heterocycles. The van der Waals surface area contributed by atoms with E-state index in [1.807, 2.05) is 43.3 Å². The Bertz CT molecular complexity index is 3030. The van der Waals surface area contributed by atoms with Gasteiger partial charge in [0, 0.05) is 78.0 Å². The second kappa shape index (κ2) is 13.3. The number of nitrogens with one attached hydrogen (secondary N) is 2. The van der Waals surface area contributed by atoms with Gasteiger partial charge >= 0.3 is 0 Å². The zero-order valence-electron chi connectivity index (χ0n) is 35.9. The first-order chi connectivity index (χ1) is 30.3. The highest BCUT2D eigenvalue weighted by atomic mass is 35.5. The highest BCUT2D eigenvalue weighted by Crippen LogP contribution is 2.72. The average molecular weight is 900 g/mol. The lowest BCUT2D eigenvalue weighted by Crippen LogP contribution is -2.75. The third-order valence-electron chi connectivity index (χ3n) is 16.7. The summed E-state index contributed by atoms with van der Waals surface area (Å²) in [6.45, 7) is 15.5. The van der Waals surface area contributed by atoms with Gasteiger partial charge in [0.05, 0.1) is 44.8 Å². The minimum atomic E-state index is -1.14. The van der Waals surface area contributed by atoms with Gasteiger partial charge in [0.25, 0.3) is 0 Å². The monoisotopic (exact) mass is 898 g/mol. The number of halogens is 2. The van der Waals surface area contributed by atoms with Gasteiger partial charge in [-0.15, -0.1) is 24.0 Å². The summed E-state index contributed by atoms with van der Waals surface area (Å²) in [6.07, 6.45) is 2.60. The molecule has 2 fully saturated rings. The van der Waals surface area contributed by atoms with Crippen molar-refractivity contribution in [3.63, 3.8) is 0 Å². The molecule has 14 rings (SSSR count). The highest BCUT2D eigenvalue weighted by Gasteiger charge is 2.75. The van der Waals surface area contributed by atoms with Crippen molar-refractivity contribution in [1.82, 2.24) is 19.8 Å². The smallest absolute Gasteiger partial charge is 0.166 e. The standard InChI is InChI=1S/C26H25ClN2O3.C26H26N2O3.ClH/c1-13(2)12-29-10-9-25-19-15-7-8-18(30)22(19)32-24(25)21-16(11-26(25,31)23(29)20(15)27)14-5-3-4-6-17(14)28-21;1-14(2)13-28-10-9-25-21-15-7-8-19(29)23(21)31-24(25)22-17(12-26(25,30)20(28)11-15)16-5-3-4-6-18(16)27-22;/h3-8,20,23-24,28,30-31H,1,9-12H2,2H3;3-8,20,24,27,29-30H,1,9-13H2,2H3;1H. The Balaban J connectivity index is 0.000000133. The normalized spacial score (nSPS) is 32.8. The molecule has 0 saturated carbocycles. The molecule has 8 aliphatic rings. The Morgan fingerprint density at radius 3 is 1.84 bits per heavy atom. The molecule has 9 unspecified atom stereocenters. The van der Waals surface area contributed by atoms with Crippen LogP contribution in [0.5, 0.6) is 23.0 Å². The van der Waals surface area contributed by atoms with E-state index in [9.17, 15) is 20.4 Å². The first-order valence-corrected chi connectivity index (χ1v) is 22.8. The number of fused-ring (bicyclic) bond motifs is 8. The van der Waals surface area contributed by atoms with E-state index in [1.54, 1.807) is 12.1 Å². The van der Waals surface area contributed by atoms with Crippen molar-refractivity contribution in [1.29, 1.82) is 0 Å². The Hall–Kier alpha value is -4.94. The number of aromatic hydroxyl groups is 2. The molecule has 330 valence electrons. The van der Waals surface area contributed by atoms with Crippen molar-refractivity contribution in [2.24, 2.45) is 0 Å². The summed E-state index contributed by atoms with van der Waals surface area (Å²) in [4.78, 5) is 11.9. The first kappa shape index (κ1) is 40.6. The van der Waals surface area contributed by atoms with Crippen LogP contribution in [0.1, 0.15) is 89.0 Å². The number of hydrogen-bond acceptors (Lipinski definition) is 8. The molecule has 64 heavy (non-hydrogen) atoms. The molecule has 0 radical (unpaired) electrons. The fourth-order valence-electron chi connectivity index (χ4n) is 14.5. The van der Waals surface area contributed by atoms with Crippen molar-refractivity contribution in [2.45, 2.75) is 97.7 Å². The number of ether oxygens (including phenoxy) is 2. The molecule has 4 aromatic carbocycles. The van der Waals surface area contributed by atoms with E-state index in [1.165, 1.54) is 5.56 Å². The fraction of sp³-hybridized carbons (Fsp3) is 0.385. The van der Waals surface area contributed by atoms with E-state index in [-0.39, 0.29) is 42.1 Å². The largest absolute Gasteiger partial charge is 0.504 e. The molecule has 9 atom stereocenters. The van der Waals surface area contributed by atoms with Crippen molar-refractivity contribution in [3.05, 3.63) is 142 Å². The van der Waals surface area contributed by atoms with Crippen molar-refractivity contribution in [2.75, 3.05) is 26.2 Å². The van der Waals surface area contributed by atoms with Crippen LogP contribution in [0.3, 0.4) is 0 Å². The van der Waals surface area contributed by atoms with Crippen LogP contribution >= 0.6 is 24.0 Å². The number of hydrogen-bond donors (Lipinski definition) is 6. The third-order valence-corrected chi connectivity index (χ3v) is 17.2. The zero-order valence-corrected chi connectivity index (χ0v) is 37.5. The molecular formula is C52H52Cl2N4O6. The number of benzene rings is 4. The van der Waals surface area contributed by atoms with Gasteiger partial charge in [-0.3, -0.25) is 9.80 Å². The van der Waals surface area contributed by atoms with Gasteiger partial charge in [-0.1, -0.05) is 72.8 Å². The highest BCUT2D eigenvalue weighted by molar-refractivity contribution is 6.22. The second-order valence-electron chi connectivity index (χ2n) is 20.0. The van der Waals surface area contributed by atoms with Crippen LogP contribution in [0.4, 0.5) is 0 Å². The number of nitrogens with zero attached hydrogens (tertiary/aromatic N) is 2.